The molecule has 1 heterocycles. The number of carbonyl (C=O) groups is 1. The number of ketones is 1. The zero-order valence-corrected chi connectivity index (χ0v) is 10.2. The van der Waals surface area contributed by atoms with E-state index in [1.165, 1.54) is 6.42 Å². The smallest absolute Gasteiger partial charge is 0.164 e. The number of Topliss-reactive ketones (excluding diaryl/α,β-unsaturated/α-hetero) is 1. The van der Waals surface area contributed by atoms with Gasteiger partial charge in [0.15, 0.2) is 5.78 Å². The van der Waals surface area contributed by atoms with Crippen LogP contribution in [-0.4, -0.2) is 43.4 Å². The summed E-state index contributed by atoms with van der Waals surface area (Å²) < 4.78 is 0. The lowest BCUT2D eigenvalue weighted by atomic mass is 10.1. The van der Waals surface area contributed by atoms with Gasteiger partial charge in [-0.05, 0) is 19.5 Å². The Balaban J connectivity index is 1.79. The Hall–Kier alpha value is -1.19. The molecule has 1 aliphatic heterocycles. The van der Waals surface area contributed by atoms with E-state index in [9.17, 15) is 4.79 Å². The van der Waals surface area contributed by atoms with Gasteiger partial charge < -0.3 is 10.2 Å². The maximum atomic E-state index is 11.9. The molecule has 0 saturated carbocycles. The second kappa shape index (κ2) is 6.52. The molecule has 1 N–H and O–H groups in total. The second-order valence-corrected chi connectivity index (χ2v) is 4.48. The predicted molar refractivity (Wildman–Crippen MR) is 69.3 cm³/mol. The fraction of sp³-hybridized carbons (Fsp3) is 0.500. The van der Waals surface area contributed by atoms with E-state index in [4.69, 9.17) is 0 Å². The molecular weight excluding hydrogens is 212 g/mol. The van der Waals surface area contributed by atoms with Gasteiger partial charge in [-0.3, -0.25) is 4.79 Å². The molecular formula is C14H20N2O. The molecule has 1 saturated heterocycles. The quantitative estimate of drug-likeness (QED) is 0.800. The monoisotopic (exact) mass is 232 g/mol. The van der Waals surface area contributed by atoms with Crippen molar-refractivity contribution in [2.24, 2.45) is 0 Å². The van der Waals surface area contributed by atoms with Crippen molar-refractivity contribution in [1.29, 1.82) is 0 Å². The first-order valence-corrected chi connectivity index (χ1v) is 6.37. The summed E-state index contributed by atoms with van der Waals surface area (Å²) in [5.74, 6) is 0.253. The van der Waals surface area contributed by atoms with Gasteiger partial charge in [0.25, 0.3) is 0 Å². The zero-order chi connectivity index (χ0) is 11.9. The molecule has 0 aromatic heterocycles. The van der Waals surface area contributed by atoms with Crippen LogP contribution in [0.2, 0.25) is 0 Å². The summed E-state index contributed by atoms with van der Waals surface area (Å²) in [6.07, 6.45) is 1.81. The van der Waals surface area contributed by atoms with E-state index in [0.717, 1.165) is 38.3 Å². The van der Waals surface area contributed by atoms with Gasteiger partial charge in [-0.1, -0.05) is 30.3 Å². The highest BCUT2D eigenvalue weighted by Crippen LogP contribution is 2.05. The Morgan fingerprint density at radius 2 is 2.00 bits per heavy atom. The lowest BCUT2D eigenvalue weighted by Crippen LogP contribution is -2.30. The van der Waals surface area contributed by atoms with Crippen molar-refractivity contribution in [2.75, 3.05) is 32.7 Å². The SMILES string of the molecule is O=C(CCN1CCCNCC1)c1ccccc1. The highest BCUT2D eigenvalue weighted by Gasteiger charge is 2.11. The van der Waals surface area contributed by atoms with Crippen LogP contribution in [0, 0.1) is 0 Å². The molecule has 1 aliphatic rings. The Morgan fingerprint density at radius 1 is 1.18 bits per heavy atom. The van der Waals surface area contributed by atoms with Gasteiger partial charge in [0, 0.05) is 31.6 Å². The van der Waals surface area contributed by atoms with Crippen LogP contribution in [0.3, 0.4) is 0 Å². The second-order valence-electron chi connectivity index (χ2n) is 4.48. The third kappa shape index (κ3) is 3.95. The van der Waals surface area contributed by atoms with E-state index in [2.05, 4.69) is 10.2 Å². The Kier molecular flexibility index (Phi) is 4.71. The third-order valence-electron chi connectivity index (χ3n) is 3.18. The molecule has 17 heavy (non-hydrogen) atoms. The Morgan fingerprint density at radius 3 is 2.82 bits per heavy atom. The summed E-state index contributed by atoms with van der Waals surface area (Å²) >= 11 is 0. The lowest BCUT2D eigenvalue weighted by Gasteiger charge is -2.18. The third-order valence-corrected chi connectivity index (χ3v) is 3.18. The standard InChI is InChI=1S/C14H20N2O/c17-14(13-5-2-1-3-6-13)7-11-16-10-4-8-15-9-12-16/h1-3,5-6,15H,4,7-12H2. The van der Waals surface area contributed by atoms with Crippen molar-refractivity contribution in [1.82, 2.24) is 10.2 Å². The van der Waals surface area contributed by atoms with Crippen LogP contribution in [0.15, 0.2) is 30.3 Å². The first-order valence-electron chi connectivity index (χ1n) is 6.37. The van der Waals surface area contributed by atoms with Crippen LogP contribution < -0.4 is 5.32 Å². The number of benzene rings is 1. The van der Waals surface area contributed by atoms with Crippen LogP contribution in [-0.2, 0) is 0 Å². The number of rotatable bonds is 4. The van der Waals surface area contributed by atoms with Gasteiger partial charge >= 0.3 is 0 Å². The van der Waals surface area contributed by atoms with Gasteiger partial charge in [-0.15, -0.1) is 0 Å². The number of nitrogens with one attached hydrogen (secondary N) is 1. The van der Waals surface area contributed by atoms with E-state index < -0.39 is 0 Å². The van der Waals surface area contributed by atoms with E-state index in [-0.39, 0.29) is 5.78 Å². The van der Waals surface area contributed by atoms with E-state index in [1.54, 1.807) is 0 Å². The van der Waals surface area contributed by atoms with Crippen molar-refractivity contribution in [3.05, 3.63) is 35.9 Å². The van der Waals surface area contributed by atoms with Crippen molar-refractivity contribution in [3.8, 4) is 0 Å². The minimum absolute atomic E-state index is 0.253. The van der Waals surface area contributed by atoms with Crippen molar-refractivity contribution < 1.29 is 4.79 Å². The lowest BCUT2D eigenvalue weighted by molar-refractivity contribution is 0.0965. The molecule has 0 spiro atoms. The molecule has 1 fully saturated rings. The minimum Gasteiger partial charge on any atom is -0.315 e. The van der Waals surface area contributed by atoms with Gasteiger partial charge in [0.2, 0.25) is 0 Å². The maximum Gasteiger partial charge on any atom is 0.164 e. The Bertz CT molecular complexity index is 342. The number of hydrogen-bond acceptors (Lipinski definition) is 3. The van der Waals surface area contributed by atoms with Gasteiger partial charge in [-0.2, -0.15) is 0 Å². The largest absolute Gasteiger partial charge is 0.315 e. The van der Waals surface area contributed by atoms with Crippen molar-refractivity contribution >= 4 is 5.78 Å². The molecule has 0 radical (unpaired) electrons. The average Bonchev–Trinajstić information content (AvgIpc) is 2.65. The summed E-state index contributed by atoms with van der Waals surface area (Å²) in [5, 5.41) is 3.37. The molecule has 1 aromatic carbocycles. The van der Waals surface area contributed by atoms with Crippen molar-refractivity contribution in [2.45, 2.75) is 12.8 Å². The summed E-state index contributed by atoms with van der Waals surface area (Å²) in [5.41, 5.74) is 0.834. The van der Waals surface area contributed by atoms with Gasteiger partial charge in [0.1, 0.15) is 0 Å². The van der Waals surface area contributed by atoms with Crippen LogP contribution in [0.1, 0.15) is 23.2 Å². The molecule has 0 atom stereocenters. The maximum absolute atomic E-state index is 11.9. The molecule has 92 valence electrons. The molecule has 0 aliphatic carbocycles. The highest BCUT2D eigenvalue weighted by molar-refractivity contribution is 5.96. The summed E-state index contributed by atoms with van der Waals surface area (Å²) in [6, 6.07) is 9.57. The van der Waals surface area contributed by atoms with Crippen LogP contribution >= 0.6 is 0 Å². The topological polar surface area (TPSA) is 32.3 Å². The fourth-order valence-corrected chi connectivity index (χ4v) is 2.15. The highest BCUT2D eigenvalue weighted by atomic mass is 16.1. The molecule has 0 amide bonds. The molecule has 0 bridgehead atoms. The Labute approximate surface area is 103 Å². The minimum atomic E-state index is 0.253. The van der Waals surface area contributed by atoms with Crippen LogP contribution in [0.5, 0.6) is 0 Å². The van der Waals surface area contributed by atoms with E-state index in [1.807, 2.05) is 30.3 Å². The van der Waals surface area contributed by atoms with E-state index >= 15 is 0 Å². The first-order chi connectivity index (χ1) is 8.36. The fourth-order valence-electron chi connectivity index (χ4n) is 2.15. The zero-order valence-electron chi connectivity index (χ0n) is 10.2. The number of hydrogen-bond donors (Lipinski definition) is 1. The normalized spacial score (nSPS) is 17.6. The predicted octanol–water partition coefficient (Wildman–Crippen LogP) is 1.55. The molecule has 3 heteroatoms. The summed E-state index contributed by atoms with van der Waals surface area (Å²) in [7, 11) is 0. The molecule has 2 rings (SSSR count). The van der Waals surface area contributed by atoms with E-state index in [0.29, 0.717) is 6.42 Å². The van der Waals surface area contributed by atoms with Gasteiger partial charge in [-0.25, -0.2) is 0 Å². The van der Waals surface area contributed by atoms with Gasteiger partial charge in [0.05, 0.1) is 0 Å². The van der Waals surface area contributed by atoms with Crippen molar-refractivity contribution in [3.63, 3.8) is 0 Å². The molecule has 0 unspecified atom stereocenters. The molecule has 3 nitrogen and oxygen atoms in total. The van der Waals surface area contributed by atoms with Crippen LogP contribution in [0.4, 0.5) is 0 Å². The number of carbonyl (C=O) groups excluding carboxylic acids is 1. The van der Waals surface area contributed by atoms with Crippen LogP contribution in [0.25, 0.3) is 0 Å². The average molecular weight is 232 g/mol. The summed E-state index contributed by atoms with van der Waals surface area (Å²) in [4.78, 5) is 14.3. The first kappa shape index (κ1) is 12.3. The summed E-state index contributed by atoms with van der Waals surface area (Å²) in [6.45, 7) is 5.19. The number of nitrogens with zero attached hydrogens (tertiary/aromatic N) is 1. The molecule has 1 aromatic rings.